The van der Waals surface area contributed by atoms with Crippen molar-refractivity contribution in [2.45, 2.75) is 37.4 Å². The van der Waals surface area contributed by atoms with E-state index >= 15 is 0 Å². The van der Waals surface area contributed by atoms with Crippen LogP contribution in [-0.4, -0.2) is 5.78 Å². The number of Topliss-reactive ketones (excluding diaryl/α,β-unsaturated/α-hetero) is 1. The number of halogens is 2. The summed E-state index contributed by atoms with van der Waals surface area (Å²) in [5, 5.41) is 1.18. The molecule has 0 radical (unpaired) electrons. The van der Waals surface area contributed by atoms with Gasteiger partial charge in [-0.15, -0.1) is 0 Å². The van der Waals surface area contributed by atoms with Crippen molar-refractivity contribution >= 4 is 29.0 Å². The molecule has 2 unspecified atom stereocenters. The Kier molecular flexibility index (Phi) is 3.72. The molecule has 1 saturated carbocycles. The summed E-state index contributed by atoms with van der Waals surface area (Å²) in [6.07, 6.45) is 2.63. The zero-order valence-electron chi connectivity index (χ0n) is 12.5. The normalized spacial score (nSPS) is 26.5. The first kappa shape index (κ1) is 15.2. The number of benzene rings is 2. The zero-order valence-corrected chi connectivity index (χ0v) is 14.0. The van der Waals surface area contributed by atoms with Gasteiger partial charge in [0.1, 0.15) is 17.5 Å². The third-order valence-electron chi connectivity index (χ3n) is 4.78. The van der Waals surface area contributed by atoms with Gasteiger partial charge in [0.2, 0.25) is 0 Å². The van der Waals surface area contributed by atoms with Crippen molar-refractivity contribution in [3.63, 3.8) is 0 Å². The molecule has 1 heterocycles. The van der Waals surface area contributed by atoms with Crippen molar-refractivity contribution in [2.75, 3.05) is 0 Å². The number of ether oxygens (including phenoxy) is 1. The molecule has 2 atom stereocenters. The van der Waals surface area contributed by atoms with Gasteiger partial charge in [-0.05, 0) is 47.7 Å². The molecule has 0 saturated heterocycles. The van der Waals surface area contributed by atoms with Crippen LogP contribution in [0.25, 0.3) is 0 Å². The molecule has 1 aliphatic carbocycles. The highest BCUT2D eigenvalue weighted by Gasteiger charge is 2.47. The summed E-state index contributed by atoms with van der Waals surface area (Å²) >= 11 is 12.3. The average Bonchev–Trinajstić information content (AvgIpc) is 2.81. The topological polar surface area (TPSA) is 26.3 Å². The highest BCUT2D eigenvalue weighted by molar-refractivity contribution is 6.34. The van der Waals surface area contributed by atoms with Crippen LogP contribution in [0.3, 0.4) is 0 Å². The average molecular weight is 347 g/mol. The third-order valence-corrected chi connectivity index (χ3v) is 5.22. The first-order valence-electron chi connectivity index (χ1n) is 7.82. The SMILES string of the molecule is O=C1CCCC2(C1)OC(c1cc(Cl)cc(Cl)c1)c1ccccc12. The highest BCUT2D eigenvalue weighted by Crippen LogP contribution is 2.52. The molecular formula is C19H16Cl2O2. The summed E-state index contributed by atoms with van der Waals surface area (Å²) in [4.78, 5) is 12.1. The van der Waals surface area contributed by atoms with E-state index in [-0.39, 0.29) is 11.9 Å². The molecule has 1 spiro atoms. The lowest BCUT2D eigenvalue weighted by Gasteiger charge is -2.33. The second kappa shape index (κ2) is 5.62. The Balaban J connectivity index is 1.83. The van der Waals surface area contributed by atoms with Gasteiger partial charge in [0, 0.05) is 22.9 Å². The van der Waals surface area contributed by atoms with Gasteiger partial charge in [-0.1, -0.05) is 47.5 Å². The van der Waals surface area contributed by atoms with Crippen molar-refractivity contribution in [2.24, 2.45) is 0 Å². The van der Waals surface area contributed by atoms with E-state index < -0.39 is 5.60 Å². The van der Waals surface area contributed by atoms with Gasteiger partial charge in [-0.25, -0.2) is 0 Å². The molecule has 2 aliphatic rings. The van der Waals surface area contributed by atoms with Crippen molar-refractivity contribution in [3.8, 4) is 0 Å². The van der Waals surface area contributed by atoms with Crippen LogP contribution in [0, 0.1) is 0 Å². The standard InChI is InChI=1S/C19H16Cl2O2/c20-13-8-12(9-14(21)10-13)18-16-5-1-2-6-17(16)19(23-18)7-3-4-15(22)11-19/h1-2,5-6,8-10,18H,3-4,7,11H2. The maximum Gasteiger partial charge on any atom is 0.136 e. The molecule has 4 rings (SSSR count). The second-order valence-electron chi connectivity index (χ2n) is 6.35. The summed E-state index contributed by atoms with van der Waals surface area (Å²) < 4.78 is 6.49. The molecule has 2 nitrogen and oxygen atoms in total. The van der Waals surface area contributed by atoms with Crippen LogP contribution < -0.4 is 0 Å². The fraction of sp³-hybridized carbons (Fsp3) is 0.316. The molecule has 0 amide bonds. The molecule has 0 N–H and O–H groups in total. The molecule has 4 heteroatoms. The number of rotatable bonds is 1. The molecule has 0 aromatic heterocycles. The monoisotopic (exact) mass is 346 g/mol. The number of carbonyl (C=O) groups excluding carboxylic acids is 1. The molecule has 1 fully saturated rings. The summed E-state index contributed by atoms with van der Waals surface area (Å²) in [6.45, 7) is 0. The Morgan fingerprint density at radius 2 is 1.83 bits per heavy atom. The lowest BCUT2D eigenvalue weighted by atomic mass is 9.78. The predicted octanol–water partition coefficient (Wildman–Crippen LogP) is 5.45. The van der Waals surface area contributed by atoms with E-state index in [1.165, 1.54) is 0 Å². The van der Waals surface area contributed by atoms with Gasteiger partial charge >= 0.3 is 0 Å². The zero-order chi connectivity index (χ0) is 16.0. The number of ketones is 1. The summed E-state index contributed by atoms with van der Waals surface area (Å²) in [7, 11) is 0. The van der Waals surface area contributed by atoms with Gasteiger partial charge in [0.25, 0.3) is 0 Å². The van der Waals surface area contributed by atoms with E-state index in [0.717, 1.165) is 29.5 Å². The molecular weight excluding hydrogens is 331 g/mol. The van der Waals surface area contributed by atoms with Crippen LogP contribution in [-0.2, 0) is 15.1 Å². The predicted molar refractivity (Wildman–Crippen MR) is 91.0 cm³/mol. The molecule has 23 heavy (non-hydrogen) atoms. The second-order valence-corrected chi connectivity index (χ2v) is 7.22. The first-order valence-corrected chi connectivity index (χ1v) is 8.58. The van der Waals surface area contributed by atoms with E-state index in [1.807, 2.05) is 24.3 Å². The largest absolute Gasteiger partial charge is 0.357 e. The maximum atomic E-state index is 12.1. The summed E-state index contributed by atoms with van der Waals surface area (Å²) in [6, 6.07) is 13.7. The summed E-state index contributed by atoms with van der Waals surface area (Å²) in [5.41, 5.74) is 2.69. The van der Waals surface area contributed by atoms with Crippen LogP contribution in [0.15, 0.2) is 42.5 Å². The molecule has 0 bridgehead atoms. The van der Waals surface area contributed by atoms with E-state index in [9.17, 15) is 4.79 Å². The van der Waals surface area contributed by atoms with Gasteiger partial charge in [-0.3, -0.25) is 4.79 Å². The number of fused-ring (bicyclic) bond motifs is 2. The van der Waals surface area contributed by atoms with Crippen molar-refractivity contribution in [3.05, 3.63) is 69.2 Å². The van der Waals surface area contributed by atoms with Crippen molar-refractivity contribution < 1.29 is 9.53 Å². The minimum Gasteiger partial charge on any atom is -0.357 e. The van der Waals surface area contributed by atoms with Crippen LogP contribution >= 0.6 is 23.2 Å². The lowest BCUT2D eigenvalue weighted by Crippen LogP contribution is -2.33. The molecule has 118 valence electrons. The summed E-state index contributed by atoms with van der Waals surface area (Å²) in [5.74, 6) is 0.274. The number of hydrogen-bond donors (Lipinski definition) is 0. The van der Waals surface area contributed by atoms with Crippen LogP contribution in [0.5, 0.6) is 0 Å². The minimum atomic E-state index is -0.495. The van der Waals surface area contributed by atoms with Gasteiger partial charge in [0.05, 0.1) is 0 Å². The third kappa shape index (κ3) is 2.59. The van der Waals surface area contributed by atoms with Crippen molar-refractivity contribution in [1.82, 2.24) is 0 Å². The molecule has 2 aromatic rings. The fourth-order valence-electron chi connectivity index (χ4n) is 3.86. The Morgan fingerprint density at radius 1 is 1.09 bits per heavy atom. The molecule has 1 aliphatic heterocycles. The fourth-order valence-corrected chi connectivity index (χ4v) is 4.41. The lowest BCUT2D eigenvalue weighted by molar-refractivity contribution is -0.136. The van der Waals surface area contributed by atoms with Crippen LogP contribution in [0.2, 0.25) is 10.0 Å². The van der Waals surface area contributed by atoms with Crippen LogP contribution in [0.1, 0.15) is 48.5 Å². The Hall–Kier alpha value is -1.35. The quantitative estimate of drug-likeness (QED) is 0.685. The highest BCUT2D eigenvalue weighted by atomic mass is 35.5. The first-order chi connectivity index (χ1) is 11.1. The maximum absolute atomic E-state index is 12.1. The smallest absolute Gasteiger partial charge is 0.136 e. The Bertz CT molecular complexity index is 766. The van der Waals surface area contributed by atoms with E-state index in [1.54, 1.807) is 6.07 Å². The van der Waals surface area contributed by atoms with Crippen molar-refractivity contribution in [1.29, 1.82) is 0 Å². The number of carbonyl (C=O) groups is 1. The Labute approximate surface area is 145 Å². The van der Waals surface area contributed by atoms with Gasteiger partial charge in [0.15, 0.2) is 0 Å². The minimum absolute atomic E-state index is 0.228. The Morgan fingerprint density at radius 3 is 2.57 bits per heavy atom. The molecule has 2 aromatic carbocycles. The van der Waals surface area contributed by atoms with Gasteiger partial charge in [-0.2, -0.15) is 0 Å². The van der Waals surface area contributed by atoms with E-state index in [2.05, 4.69) is 12.1 Å². The van der Waals surface area contributed by atoms with E-state index in [4.69, 9.17) is 27.9 Å². The van der Waals surface area contributed by atoms with E-state index in [0.29, 0.717) is 22.9 Å². The number of hydrogen-bond acceptors (Lipinski definition) is 2. The van der Waals surface area contributed by atoms with Crippen LogP contribution in [0.4, 0.5) is 0 Å². The van der Waals surface area contributed by atoms with Gasteiger partial charge < -0.3 is 4.74 Å².